The van der Waals surface area contributed by atoms with Gasteiger partial charge in [0.1, 0.15) is 0 Å². The maximum Gasteiger partial charge on any atom is 0.234 e. The molecular formula is C16H22N2O. The number of hydrogen-bond acceptors (Lipinski definition) is 2. The fourth-order valence-electron chi connectivity index (χ4n) is 3.49. The van der Waals surface area contributed by atoms with Crippen LogP contribution in [0.2, 0.25) is 0 Å². The van der Waals surface area contributed by atoms with Crippen molar-refractivity contribution in [3.63, 3.8) is 0 Å². The van der Waals surface area contributed by atoms with Crippen LogP contribution in [0.25, 0.3) is 0 Å². The number of carbonyl (C=O) groups excluding carboxylic acids is 1. The Morgan fingerprint density at radius 1 is 1.26 bits per heavy atom. The number of hydrogen-bond donors (Lipinski definition) is 1. The molecule has 2 heterocycles. The zero-order valence-electron chi connectivity index (χ0n) is 11.9. The topological polar surface area (TPSA) is 32.3 Å². The Balaban J connectivity index is 2.00. The normalized spacial score (nSPS) is 29.4. The minimum Gasteiger partial charge on any atom is -0.311 e. The number of carbonyl (C=O) groups is 1. The first-order valence-electron chi connectivity index (χ1n) is 7.15. The molecule has 3 nitrogen and oxygen atoms in total. The highest BCUT2D eigenvalue weighted by atomic mass is 16.2. The number of benzene rings is 1. The molecule has 0 radical (unpaired) electrons. The smallest absolute Gasteiger partial charge is 0.234 e. The number of anilines is 1. The van der Waals surface area contributed by atoms with E-state index >= 15 is 0 Å². The summed E-state index contributed by atoms with van der Waals surface area (Å²) in [6, 6.07) is 8.88. The monoisotopic (exact) mass is 258 g/mol. The van der Waals surface area contributed by atoms with Crippen molar-refractivity contribution in [2.24, 2.45) is 5.41 Å². The summed E-state index contributed by atoms with van der Waals surface area (Å²) < 4.78 is 0. The standard InChI is InChI=1S/C16H22N2O/c1-11-6-8-12(9-7-11)18-13-5-4-10-17-14(13)16(2,3)15(18)19/h6-9,13-14,17H,4-5,10H2,1-3H3. The lowest BCUT2D eigenvalue weighted by atomic mass is 9.81. The maximum atomic E-state index is 12.8. The SMILES string of the molecule is Cc1ccc(N2C(=O)C(C)(C)C3NCCCC32)cc1. The largest absolute Gasteiger partial charge is 0.311 e. The first-order valence-corrected chi connectivity index (χ1v) is 7.15. The van der Waals surface area contributed by atoms with Crippen molar-refractivity contribution in [1.29, 1.82) is 0 Å². The molecule has 19 heavy (non-hydrogen) atoms. The lowest BCUT2D eigenvalue weighted by Crippen LogP contribution is -2.50. The number of nitrogens with one attached hydrogen (secondary N) is 1. The van der Waals surface area contributed by atoms with Crippen molar-refractivity contribution < 1.29 is 4.79 Å². The molecule has 0 spiro atoms. The third-order valence-corrected chi connectivity index (χ3v) is 4.62. The number of fused-ring (bicyclic) bond motifs is 1. The summed E-state index contributed by atoms with van der Waals surface area (Å²) in [6.45, 7) is 7.24. The molecule has 2 fully saturated rings. The van der Waals surface area contributed by atoms with Crippen LogP contribution in [0.1, 0.15) is 32.3 Å². The molecule has 0 bridgehead atoms. The summed E-state index contributed by atoms with van der Waals surface area (Å²) in [4.78, 5) is 14.8. The molecule has 1 N–H and O–H groups in total. The molecule has 1 aromatic rings. The highest BCUT2D eigenvalue weighted by Crippen LogP contribution is 2.41. The van der Waals surface area contributed by atoms with Crippen molar-refractivity contribution in [3.8, 4) is 0 Å². The van der Waals surface area contributed by atoms with Crippen LogP contribution in [0.15, 0.2) is 24.3 Å². The minimum absolute atomic E-state index is 0.251. The Morgan fingerprint density at radius 3 is 2.63 bits per heavy atom. The minimum atomic E-state index is -0.310. The van der Waals surface area contributed by atoms with E-state index in [-0.39, 0.29) is 17.4 Å². The number of piperidine rings is 1. The molecular weight excluding hydrogens is 236 g/mol. The molecule has 3 rings (SSSR count). The van der Waals surface area contributed by atoms with E-state index < -0.39 is 0 Å². The van der Waals surface area contributed by atoms with Gasteiger partial charge in [0, 0.05) is 11.7 Å². The van der Waals surface area contributed by atoms with E-state index in [2.05, 4.69) is 50.4 Å². The average molecular weight is 258 g/mol. The molecule has 1 aromatic carbocycles. The molecule has 0 aromatic heterocycles. The molecule has 2 atom stereocenters. The van der Waals surface area contributed by atoms with Gasteiger partial charge in [-0.1, -0.05) is 17.7 Å². The number of rotatable bonds is 1. The quantitative estimate of drug-likeness (QED) is 0.839. The summed E-state index contributed by atoms with van der Waals surface area (Å²) in [5.41, 5.74) is 1.96. The van der Waals surface area contributed by atoms with Crippen molar-refractivity contribution >= 4 is 11.6 Å². The lowest BCUT2D eigenvalue weighted by Gasteiger charge is -2.34. The van der Waals surface area contributed by atoms with Crippen molar-refractivity contribution in [2.45, 2.75) is 45.7 Å². The zero-order chi connectivity index (χ0) is 13.6. The summed E-state index contributed by atoms with van der Waals surface area (Å²) >= 11 is 0. The number of aryl methyl sites for hydroxylation is 1. The van der Waals surface area contributed by atoms with Gasteiger partial charge >= 0.3 is 0 Å². The third-order valence-electron chi connectivity index (χ3n) is 4.62. The van der Waals surface area contributed by atoms with Gasteiger partial charge in [-0.25, -0.2) is 0 Å². The van der Waals surface area contributed by atoms with E-state index in [1.54, 1.807) is 0 Å². The second kappa shape index (κ2) is 4.34. The van der Waals surface area contributed by atoms with Crippen LogP contribution >= 0.6 is 0 Å². The Bertz CT molecular complexity index is 492. The summed E-state index contributed by atoms with van der Waals surface area (Å²) in [7, 11) is 0. The average Bonchev–Trinajstić information content (AvgIpc) is 2.60. The van der Waals surface area contributed by atoms with E-state index in [0.29, 0.717) is 6.04 Å². The van der Waals surface area contributed by atoms with Crippen LogP contribution in [0.5, 0.6) is 0 Å². The van der Waals surface area contributed by atoms with Gasteiger partial charge in [-0.3, -0.25) is 4.79 Å². The van der Waals surface area contributed by atoms with Crippen LogP contribution in [-0.2, 0) is 4.79 Å². The molecule has 2 unspecified atom stereocenters. The maximum absolute atomic E-state index is 12.8. The summed E-state index contributed by atoms with van der Waals surface area (Å²) in [5.74, 6) is 0.251. The lowest BCUT2D eigenvalue weighted by molar-refractivity contribution is -0.124. The van der Waals surface area contributed by atoms with Crippen LogP contribution in [0, 0.1) is 12.3 Å². The summed E-state index contributed by atoms with van der Waals surface area (Å²) in [5, 5.41) is 3.55. The molecule has 3 heteroatoms. The van der Waals surface area contributed by atoms with Crippen molar-refractivity contribution in [1.82, 2.24) is 5.32 Å². The Morgan fingerprint density at radius 2 is 1.95 bits per heavy atom. The van der Waals surface area contributed by atoms with Crippen molar-refractivity contribution in [2.75, 3.05) is 11.4 Å². The third kappa shape index (κ3) is 1.88. The molecule has 2 aliphatic heterocycles. The summed E-state index contributed by atoms with van der Waals surface area (Å²) in [6.07, 6.45) is 2.24. The fraction of sp³-hybridized carbons (Fsp3) is 0.562. The number of nitrogens with zero attached hydrogens (tertiary/aromatic N) is 1. The van der Waals surface area contributed by atoms with E-state index in [1.165, 1.54) is 5.56 Å². The van der Waals surface area contributed by atoms with Crippen LogP contribution < -0.4 is 10.2 Å². The van der Waals surface area contributed by atoms with Gasteiger partial charge in [0.2, 0.25) is 5.91 Å². The number of amides is 1. The first kappa shape index (κ1) is 12.7. The predicted octanol–water partition coefficient (Wildman–Crippen LogP) is 2.49. The Hall–Kier alpha value is -1.35. The Kier molecular flexibility index (Phi) is 2.90. The molecule has 2 aliphatic rings. The zero-order valence-corrected chi connectivity index (χ0v) is 11.9. The Labute approximate surface area is 115 Å². The van der Waals surface area contributed by atoms with Gasteiger partial charge in [0.25, 0.3) is 0 Å². The highest BCUT2D eigenvalue weighted by Gasteiger charge is 2.54. The van der Waals surface area contributed by atoms with Gasteiger partial charge in [-0.2, -0.15) is 0 Å². The predicted molar refractivity (Wildman–Crippen MR) is 77.3 cm³/mol. The second-order valence-electron chi connectivity index (χ2n) is 6.37. The van der Waals surface area contributed by atoms with E-state index in [0.717, 1.165) is 25.1 Å². The van der Waals surface area contributed by atoms with Gasteiger partial charge in [0.05, 0.1) is 11.5 Å². The van der Waals surface area contributed by atoms with Crippen LogP contribution in [0.3, 0.4) is 0 Å². The van der Waals surface area contributed by atoms with Crippen LogP contribution in [0.4, 0.5) is 5.69 Å². The molecule has 0 aliphatic carbocycles. The van der Waals surface area contributed by atoms with Gasteiger partial charge in [-0.15, -0.1) is 0 Å². The molecule has 1 amide bonds. The van der Waals surface area contributed by atoms with Gasteiger partial charge < -0.3 is 10.2 Å². The van der Waals surface area contributed by atoms with Crippen LogP contribution in [-0.4, -0.2) is 24.5 Å². The van der Waals surface area contributed by atoms with Crippen molar-refractivity contribution in [3.05, 3.63) is 29.8 Å². The van der Waals surface area contributed by atoms with Gasteiger partial charge in [-0.05, 0) is 52.3 Å². The molecule has 0 saturated carbocycles. The fourth-order valence-corrected chi connectivity index (χ4v) is 3.49. The van der Waals surface area contributed by atoms with Gasteiger partial charge in [0.15, 0.2) is 0 Å². The first-order chi connectivity index (χ1) is 9.01. The van der Waals surface area contributed by atoms with E-state index in [1.807, 2.05) is 4.90 Å². The van der Waals surface area contributed by atoms with E-state index in [4.69, 9.17) is 0 Å². The molecule has 2 saturated heterocycles. The highest BCUT2D eigenvalue weighted by molar-refractivity contribution is 6.01. The second-order valence-corrected chi connectivity index (χ2v) is 6.37. The van der Waals surface area contributed by atoms with E-state index in [9.17, 15) is 4.79 Å². The molecule has 102 valence electrons.